The van der Waals surface area contributed by atoms with Crippen LogP contribution in [-0.2, 0) is 22.2 Å². The van der Waals surface area contributed by atoms with Gasteiger partial charge in [0.1, 0.15) is 43.6 Å². The molecule has 520 valence electrons. The van der Waals surface area contributed by atoms with E-state index in [1.54, 1.807) is 24.9 Å². The zero-order valence-electron chi connectivity index (χ0n) is 56.3. The quantitative estimate of drug-likeness (QED) is 0.0770. The molecule has 3 aliphatic rings. The van der Waals surface area contributed by atoms with Crippen LogP contribution in [0.25, 0.3) is 101 Å². The molecule has 1 saturated heterocycles. The number of halogens is 6. The topological polar surface area (TPSA) is 332 Å². The molecule has 1 fully saturated rings. The number of imidazole rings is 2. The van der Waals surface area contributed by atoms with Crippen LogP contribution in [0.4, 0.5) is 34.6 Å². The molecule has 0 spiro atoms. The zero-order chi connectivity index (χ0) is 73.7. The fourth-order valence-corrected chi connectivity index (χ4v) is 13.3. The van der Waals surface area contributed by atoms with Gasteiger partial charge in [-0.3, -0.25) is 15.0 Å². The van der Waals surface area contributed by atoms with Crippen LogP contribution in [0.2, 0.25) is 20.1 Å². The summed E-state index contributed by atoms with van der Waals surface area (Å²) in [6.07, 6.45) is 11.6. The number of nitrogens with two attached hydrogens (primary N) is 4. The van der Waals surface area contributed by atoms with Gasteiger partial charge in [-0.15, -0.1) is 0 Å². The molecule has 0 aliphatic carbocycles. The molecule has 8 aromatic carbocycles. The fourth-order valence-electron chi connectivity index (χ4n) is 11.4. The van der Waals surface area contributed by atoms with Gasteiger partial charge in [0.2, 0.25) is 0 Å². The number of hydrogen-bond acceptors (Lipinski definition) is 19. The summed E-state index contributed by atoms with van der Waals surface area (Å²) < 4.78 is 13.2. The summed E-state index contributed by atoms with van der Waals surface area (Å²) in [6.45, 7) is 8.12. The number of aromatic nitrogens is 12. The summed E-state index contributed by atoms with van der Waals surface area (Å²) in [5.41, 5.74) is 41.6. The Morgan fingerprint density at radius 2 is 0.848 bits per heavy atom. The molecule has 9 heterocycles. The molecule has 0 atom stereocenters. The van der Waals surface area contributed by atoms with Crippen molar-refractivity contribution in [2.75, 3.05) is 22.9 Å². The predicted molar refractivity (Wildman–Crippen MR) is 429 cm³/mol. The van der Waals surface area contributed by atoms with E-state index in [0.29, 0.717) is 75.0 Å². The van der Waals surface area contributed by atoms with Gasteiger partial charge in [0, 0.05) is 85.4 Å². The third-order valence-electron chi connectivity index (χ3n) is 17.4. The summed E-state index contributed by atoms with van der Waals surface area (Å²) in [5.74, 6) is 1.26. The summed E-state index contributed by atoms with van der Waals surface area (Å²) in [6, 6.07) is 56.3. The Balaban J connectivity index is 0.000000118. The molecule has 21 nitrogen and oxygen atoms in total. The average molecular weight is 1600 g/mol. The number of aromatic amines is 2. The van der Waals surface area contributed by atoms with Gasteiger partial charge < -0.3 is 42.2 Å². The van der Waals surface area contributed by atoms with Gasteiger partial charge in [-0.25, -0.2) is 44.9 Å². The molecule has 10 N–H and O–H groups in total. The highest BCUT2D eigenvalue weighted by Crippen LogP contribution is 2.43. The van der Waals surface area contributed by atoms with Crippen LogP contribution in [0.15, 0.2) is 214 Å². The van der Waals surface area contributed by atoms with Crippen molar-refractivity contribution in [2.24, 2.45) is 9.98 Å². The van der Waals surface area contributed by atoms with Gasteiger partial charge in [-0.2, -0.15) is 5.26 Å². The number of aliphatic imine (C=N–C) groups is 2. The van der Waals surface area contributed by atoms with Gasteiger partial charge in [0.25, 0.3) is 0 Å². The second-order valence-electron chi connectivity index (χ2n) is 24.8. The second kappa shape index (κ2) is 31.2. The molecule has 0 bridgehead atoms. The van der Waals surface area contributed by atoms with Crippen molar-refractivity contribution >= 4 is 160 Å². The molecule has 14 aromatic rings. The van der Waals surface area contributed by atoms with Crippen LogP contribution < -0.4 is 28.4 Å². The summed E-state index contributed by atoms with van der Waals surface area (Å²) in [5, 5.41) is 11.8. The van der Waals surface area contributed by atoms with E-state index >= 15 is 0 Å². The van der Waals surface area contributed by atoms with E-state index < -0.39 is 7.12 Å². The first-order valence-corrected chi connectivity index (χ1v) is 35.5. The first-order valence-electron chi connectivity index (χ1n) is 32.4. The molecule has 3 aliphatic heterocycles. The lowest BCUT2D eigenvalue weighted by Gasteiger charge is -2.32. The first-order chi connectivity index (χ1) is 50.6. The number of benzene rings is 8. The largest absolute Gasteiger partial charge is 0.494 e. The Morgan fingerprint density at radius 1 is 0.438 bits per heavy atom. The number of anilines is 4. The summed E-state index contributed by atoms with van der Waals surface area (Å²) >= 11 is 32.1. The smallest absolute Gasteiger partial charge is 0.399 e. The molecule has 17 rings (SSSR count). The lowest BCUT2D eigenvalue weighted by atomic mass is 9.79. The van der Waals surface area contributed by atoms with Crippen molar-refractivity contribution in [1.29, 1.82) is 5.26 Å². The van der Waals surface area contributed by atoms with Crippen molar-refractivity contribution in [3.05, 3.63) is 241 Å². The van der Waals surface area contributed by atoms with Crippen LogP contribution in [0, 0.1) is 11.3 Å². The Labute approximate surface area is 640 Å². The van der Waals surface area contributed by atoms with Crippen LogP contribution in [-0.4, -0.2) is 90.6 Å². The minimum atomic E-state index is -0.407. The molecule has 6 aromatic heterocycles. The van der Waals surface area contributed by atoms with Crippen LogP contribution in [0.3, 0.4) is 0 Å². The molecule has 0 saturated carbocycles. The Bertz CT molecular complexity index is 5680. The average Bonchev–Trinajstić information content (AvgIpc) is 1.69. The molecular weight excluding hydrogens is 1540 g/mol. The van der Waals surface area contributed by atoms with Crippen molar-refractivity contribution in [2.45, 2.75) is 51.7 Å². The number of nitriles is 1. The fraction of sp³-hybridized carbons (Fsp3) is 0.104. The SMILES string of the molecule is CC1(C)OB(c2cc(Cl)c3nc[nH]c3c2)OC1(C)C.N#Cc1nc(-c2cc(Cl)c3nc[nH]c3c2)c(-c2ccccc2)nc1N.Nc1cnc(-c2cc(Cl)c3c(c2)N=CC3)c(-c2ccccc2)n1.Nc1cnc(Br)c(-c2ccccc2)n1.Nc1nc(-c2ccccc2)c(-c2cc(Cl)c3c(c2)N=CC3)nc1Br. The predicted octanol–water partition coefficient (Wildman–Crippen LogP) is 18.2. The Kier molecular flexibility index (Phi) is 21.6. The summed E-state index contributed by atoms with van der Waals surface area (Å²) in [7, 11) is -0.407. The van der Waals surface area contributed by atoms with E-state index in [4.69, 9.17) is 78.6 Å². The maximum absolute atomic E-state index is 9.27. The van der Waals surface area contributed by atoms with Gasteiger partial charge in [-0.1, -0.05) is 168 Å². The van der Waals surface area contributed by atoms with E-state index in [1.165, 1.54) is 6.20 Å². The van der Waals surface area contributed by atoms with Gasteiger partial charge in [0.05, 0.1) is 103 Å². The molecule has 0 unspecified atom stereocenters. The maximum Gasteiger partial charge on any atom is 0.494 e. The molecular formula is C77H60BBr2Cl4N19O2. The van der Waals surface area contributed by atoms with Crippen molar-refractivity contribution in [1.82, 2.24) is 59.8 Å². The van der Waals surface area contributed by atoms with E-state index in [9.17, 15) is 5.26 Å². The third kappa shape index (κ3) is 16.0. The maximum atomic E-state index is 9.27. The second-order valence-corrected chi connectivity index (χ2v) is 28.0. The lowest BCUT2D eigenvalue weighted by molar-refractivity contribution is 0.00578. The van der Waals surface area contributed by atoms with Gasteiger partial charge >= 0.3 is 7.12 Å². The number of hydrogen-bond donors (Lipinski definition) is 6. The third-order valence-corrected chi connectivity index (χ3v) is 19.8. The zero-order valence-corrected chi connectivity index (χ0v) is 62.5. The van der Waals surface area contributed by atoms with Crippen molar-refractivity contribution < 1.29 is 9.31 Å². The minimum absolute atomic E-state index is 0.0792. The number of H-pyrrole nitrogens is 2. The highest BCUT2D eigenvalue weighted by molar-refractivity contribution is 9.10. The summed E-state index contributed by atoms with van der Waals surface area (Å²) in [4.78, 5) is 58.5. The minimum Gasteiger partial charge on any atom is -0.399 e. The number of fused-ring (bicyclic) bond motifs is 4. The van der Waals surface area contributed by atoms with E-state index in [-0.39, 0.29) is 22.7 Å². The van der Waals surface area contributed by atoms with Crippen LogP contribution >= 0.6 is 78.3 Å². The number of rotatable bonds is 8. The lowest BCUT2D eigenvalue weighted by Crippen LogP contribution is -2.41. The Hall–Kier alpha value is -10.8. The highest BCUT2D eigenvalue weighted by Gasteiger charge is 2.52. The molecule has 0 amide bonds. The van der Waals surface area contributed by atoms with Crippen LogP contribution in [0.5, 0.6) is 0 Å². The van der Waals surface area contributed by atoms with E-state index in [1.807, 2.05) is 210 Å². The van der Waals surface area contributed by atoms with Crippen molar-refractivity contribution in [3.8, 4) is 84.9 Å². The molecule has 28 heteroatoms. The molecule has 105 heavy (non-hydrogen) atoms. The Morgan fingerprint density at radius 3 is 1.36 bits per heavy atom. The number of nitrogens with zero attached hydrogens (tertiary/aromatic N) is 13. The standard InChI is InChI=1S/C18H12BrClN4.C18H11ClN6.C18H13ClN4.C13H16BClN2O2.C10H8BrN3/c19-17-18(21)24-15(10-4-2-1-3-5-10)16(23-17)11-8-13(20)12-6-7-22-14(12)9-11;19-12-6-11(7-13-17(12)23-9-22-13)16-15(10-4-2-1-3-5-10)25-18(21)14(8-20)24-16;19-14-8-12(9-15-13(14)6-7-21-15)17-18(23-16(20)10-22-17)11-4-2-1-3-5-11;1-12(2)13(3,4)19-14(18-12)8-5-9(15)11-10(6-8)16-7-17-11;11-10-9(14-8(12)6-13-10)7-4-2-1-3-5-7/h1-5,7-9H,6H2,(H2,21,24);1-7,9H,(H2,21,25)(H,22,23);1-5,7-10H,6H2,(H2,20,23);5-7H,1-4H3,(H,16,17);1-6H,(H2,12,14). The monoisotopic (exact) mass is 1590 g/mol. The highest BCUT2D eigenvalue weighted by atomic mass is 79.9. The van der Waals surface area contributed by atoms with Crippen LogP contribution in [0.1, 0.15) is 44.5 Å². The number of nitrogens with one attached hydrogen (secondary N) is 2. The van der Waals surface area contributed by atoms with Gasteiger partial charge in [-0.05, 0) is 114 Å². The van der Waals surface area contributed by atoms with Gasteiger partial charge in [0.15, 0.2) is 17.3 Å². The first kappa shape index (κ1) is 72.5. The van der Waals surface area contributed by atoms with E-state index in [2.05, 4.69) is 102 Å². The van der Waals surface area contributed by atoms with E-state index in [0.717, 1.165) is 113 Å². The normalized spacial score (nSPS) is 13.3. The molecule has 0 radical (unpaired) electrons. The van der Waals surface area contributed by atoms with Crippen molar-refractivity contribution in [3.63, 3.8) is 0 Å². The number of nitrogen functional groups attached to an aromatic ring is 4.